The number of hydrogen-bond acceptors (Lipinski definition) is 0. The Morgan fingerprint density at radius 2 is 1.77 bits per heavy atom. The molecule has 0 aliphatic carbocycles. The second kappa shape index (κ2) is 4.04. The lowest BCUT2D eigenvalue weighted by atomic mass is 10.2. The summed E-state index contributed by atoms with van der Waals surface area (Å²) >= 11 is 11.0. The van der Waals surface area contributed by atoms with Crippen molar-refractivity contribution < 1.29 is 13.2 Å². The predicted octanol–water partition coefficient (Wildman–Crippen LogP) is 4.12. The zero-order valence-electron chi connectivity index (χ0n) is 6.15. The predicted molar refractivity (Wildman–Crippen MR) is 49.7 cm³/mol. The summed E-state index contributed by atoms with van der Waals surface area (Å²) < 4.78 is 36.5. The van der Waals surface area contributed by atoms with E-state index in [0.29, 0.717) is 5.30 Å². The van der Waals surface area contributed by atoms with Gasteiger partial charge < -0.3 is 0 Å². The van der Waals surface area contributed by atoms with Crippen molar-refractivity contribution in [2.24, 2.45) is 0 Å². The Balaban J connectivity index is 3.06. The summed E-state index contributed by atoms with van der Waals surface area (Å²) in [5.74, 6) is 0. The van der Waals surface area contributed by atoms with Crippen LogP contribution in [0.2, 0.25) is 0 Å². The maximum atomic E-state index is 12.2. The molecule has 0 unspecified atom stereocenters. The lowest BCUT2D eigenvalue weighted by molar-refractivity contribution is -0.137. The van der Waals surface area contributed by atoms with Crippen molar-refractivity contribution in [3.8, 4) is 0 Å². The van der Waals surface area contributed by atoms with Gasteiger partial charge in [-0.25, -0.2) is 0 Å². The maximum absolute atomic E-state index is 12.2. The van der Waals surface area contributed by atoms with Crippen molar-refractivity contribution in [1.29, 1.82) is 0 Å². The van der Waals surface area contributed by atoms with E-state index in [0.717, 1.165) is 12.1 Å². The number of alkyl halides is 3. The third-order valence-electron chi connectivity index (χ3n) is 1.37. The van der Waals surface area contributed by atoms with Crippen molar-refractivity contribution in [3.63, 3.8) is 0 Å². The maximum Gasteiger partial charge on any atom is 0.416 e. The first-order valence-electron chi connectivity index (χ1n) is 3.20. The van der Waals surface area contributed by atoms with Crippen molar-refractivity contribution in [3.05, 3.63) is 29.8 Å². The highest BCUT2D eigenvalue weighted by atomic mass is 35.9. The van der Waals surface area contributed by atoms with Crippen LogP contribution in [0.1, 0.15) is 5.56 Å². The summed E-state index contributed by atoms with van der Waals surface area (Å²) in [6.07, 6.45) is -4.34. The highest BCUT2D eigenvalue weighted by Gasteiger charge is 2.30. The summed E-state index contributed by atoms with van der Waals surface area (Å²) in [5, 5.41) is 0.313. The average Bonchev–Trinajstić information content (AvgIpc) is 2.03. The Bertz CT molecular complexity index is 298. The van der Waals surface area contributed by atoms with Gasteiger partial charge in [-0.05, 0) is 12.1 Å². The van der Waals surface area contributed by atoms with E-state index in [2.05, 4.69) is 0 Å². The van der Waals surface area contributed by atoms with Crippen LogP contribution in [-0.4, -0.2) is 0 Å². The van der Waals surface area contributed by atoms with Gasteiger partial charge in [0.05, 0.1) is 5.56 Å². The second-order valence-corrected chi connectivity index (χ2v) is 5.81. The number of hydrogen-bond donors (Lipinski definition) is 0. The van der Waals surface area contributed by atoms with E-state index in [-0.39, 0.29) is 0 Å². The van der Waals surface area contributed by atoms with Crippen molar-refractivity contribution in [2.45, 2.75) is 6.18 Å². The fourth-order valence-electron chi connectivity index (χ4n) is 0.787. The first kappa shape index (κ1) is 11.1. The molecule has 0 fully saturated rings. The number of halogens is 5. The van der Waals surface area contributed by atoms with Crippen LogP contribution in [0, 0.1) is 0 Å². The van der Waals surface area contributed by atoms with Gasteiger partial charge in [0.15, 0.2) is 0 Å². The van der Waals surface area contributed by atoms with Gasteiger partial charge in [-0.2, -0.15) is 13.2 Å². The fourth-order valence-corrected chi connectivity index (χ4v) is 1.85. The van der Waals surface area contributed by atoms with Gasteiger partial charge in [-0.3, -0.25) is 0 Å². The summed E-state index contributed by atoms with van der Waals surface area (Å²) in [7, 11) is 0. The molecule has 0 aliphatic heterocycles. The minimum absolute atomic E-state index is 0.313. The minimum Gasteiger partial charge on any atom is -0.166 e. The van der Waals surface area contributed by atoms with Gasteiger partial charge in [-0.1, -0.05) is 34.6 Å². The molecule has 0 bridgehead atoms. The number of benzene rings is 1. The molecule has 0 amide bonds. The highest BCUT2D eigenvalue weighted by Crippen LogP contribution is 2.45. The molecule has 72 valence electrons. The van der Waals surface area contributed by atoms with Gasteiger partial charge >= 0.3 is 6.18 Å². The van der Waals surface area contributed by atoms with E-state index in [1.54, 1.807) is 0 Å². The molecule has 0 radical (unpaired) electrons. The zero-order chi connectivity index (χ0) is 10.1. The van der Waals surface area contributed by atoms with Crippen LogP contribution in [0.15, 0.2) is 24.3 Å². The molecule has 0 N–H and O–H groups in total. The lowest BCUT2D eigenvalue weighted by Gasteiger charge is -2.08. The van der Waals surface area contributed by atoms with Crippen molar-refractivity contribution in [2.75, 3.05) is 0 Å². The second-order valence-electron chi connectivity index (χ2n) is 2.28. The molecular weight excluding hydrogens is 243 g/mol. The van der Waals surface area contributed by atoms with E-state index in [1.807, 2.05) is 0 Å². The molecule has 1 aromatic rings. The van der Waals surface area contributed by atoms with Crippen LogP contribution in [0.5, 0.6) is 0 Å². The van der Waals surface area contributed by atoms with E-state index in [1.165, 1.54) is 12.1 Å². The Hall–Kier alpha value is 0.0200. The molecule has 0 aliphatic rings. The summed E-state index contributed by atoms with van der Waals surface area (Å²) in [4.78, 5) is 0. The van der Waals surface area contributed by atoms with Gasteiger partial charge in [0, 0.05) is 5.30 Å². The van der Waals surface area contributed by atoms with Crippen LogP contribution in [0.4, 0.5) is 13.2 Å². The van der Waals surface area contributed by atoms with Crippen molar-refractivity contribution >= 4 is 34.4 Å². The number of rotatable bonds is 1. The molecule has 0 atom stereocenters. The first-order valence-corrected chi connectivity index (χ1v) is 6.35. The highest BCUT2D eigenvalue weighted by molar-refractivity contribution is 8.08. The Kier molecular flexibility index (Phi) is 3.44. The third-order valence-corrected chi connectivity index (χ3v) is 3.21. The van der Waals surface area contributed by atoms with Crippen LogP contribution in [0.3, 0.4) is 0 Å². The standard InChI is InChI=1S/C7H4Cl2F3P/c8-13(9)6-3-1-2-5(4-6)7(10,11)12/h1-4H. The molecule has 6 heteroatoms. The van der Waals surface area contributed by atoms with Gasteiger partial charge in [0.2, 0.25) is 0 Å². The molecule has 1 aromatic carbocycles. The largest absolute Gasteiger partial charge is 0.416 e. The smallest absolute Gasteiger partial charge is 0.166 e. The molecule has 0 aromatic heterocycles. The first-order chi connectivity index (χ1) is 5.91. The average molecular weight is 247 g/mol. The lowest BCUT2D eigenvalue weighted by Crippen LogP contribution is -2.08. The molecule has 1 rings (SSSR count). The Morgan fingerprint density at radius 3 is 2.23 bits per heavy atom. The zero-order valence-corrected chi connectivity index (χ0v) is 8.55. The Labute approximate surface area is 84.0 Å². The topological polar surface area (TPSA) is 0 Å². The van der Waals surface area contributed by atoms with E-state index in [9.17, 15) is 13.2 Å². The van der Waals surface area contributed by atoms with Crippen LogP contribution in [0.25, 0.3) is 0 Å². The molecule has 0 saturated carbocycles. The third kappa shape index (κ3) is 3.01. The van der Waals surface area contributed by atoms with Gasteiger partial charge in [0.1, 0.15) is 6.63 Å². The van der Waals surface area contributed by atoms with Gasteiger partial charge in [-0.15, -0.1) is 0 Å². The SMILES string of the molecule is FC(F)(F)c1cccc(P(Cl)Cl)c1. The van der Waals surface area contributed by atoms with Crippen LogP contribution < -0.4 is 5.30 Å². The van der Waals surface area contributed by atoms with Gasteiger partial charge in [0.25, 0.3) is 0 Å². The fraction of sp³-hybridized carbons (Fsp3) is 0.143. The van der Waals surface area contributed by atoms with Crippen LogP contribution >= 0.6 is 29.1 Å². The molecule has 13 heavy (non-hydrogen) atoms. The summed E-state index contributed by atoms with van der Waals surface area (Å²) in [6.45, 7) is -1.51. The Morgan fingerprint density at radius 1 is 1.15 bits per heavy atom. The normalized spacial score (nSPS) is 12.2. The van der Waals surface area contributed by atoms with Crippen LogP contribution in [-0.2, 0) is 6.18 Å². The minimum atomic E-state index is -4.34. The summed E-state index contributed by atoms with van der Waals surface area (Å²) in [5.41, 5.74) is -0.723. The van der Waals surface area contributed by atoms with E-state index < -0.39 is 18.4 Å². The molecule has 0 saturated heterocycles. The molecular formula is C7H4Cl2F3P. The van der Waals surface area contributed by atoms with Crippen molar-refractivity contribution in [1.82, 2.24) is 0 Å². The van der Waals surface area contributed by atoms with E-state index in [4.69, 9.17) is 22.5 Å². The molecule has 0 nitrogen and oxygen atoms in total. The quantitative estimate of drug-likeness (QED) is 0.654. The monoisotopic (exact) mass is 246 g/mol. The van der Waals surface area contributed by atoms with E-state index >= 15 is 0 Å². The molecule has 0 spiro atoms. The molecule has 0 heterocycles. The summed E-state index contributed by atoms with van der Waals surface area (Å²) in [6, 6.07) is 4.71.